The zero-order chi connectivity index (χ0) is 21.0. The van der Waals surface area contributed by atoms with Crippen molar-refractivity contribution in [3.8, 4) is 0 Å². The number of carbonyl (C=O) groups is 1. The van der Waals surface area contributed by atoms with Crippen LogP contribution in [0.2, 0.25) is 0 Å². The molecule has 0 spiro atoms. The lowest BCUT2D eigenvalue weighted by Gasteiger charge is -2.33. The van der Waals surface area contributed by atoms with Gasteiger partial charge < -0.3 is 9.47 Å². The highest BCUT2D eigenvalue weighted by Gasteiger charge is 2.27. The Morgan fingerprint density at radius 2 is 1.84 bits per heavy atom. The maximum absolute atomic E-state index is 12.7. The summed E-state index contributed by atoms with van der Waals surface area (Å²) in [5.74, 6) is 1.33. The molecule has 1 aliphatic heterocycles. The minimum absolute atomic E-state index is 0.231. The van der Waals surface area contributed by atoms with E-state index in [1.165, 1.54) is 5.56 Å². The molecule has 4 aromatic rings. The van der Waals surface area contributed by atoms with Crippen LogP contribution in [0.1, 0.15) is 35.8 Å². The Bertz CT molecular complexity index is 1140. The van der Waals surface area contributed by atoms with E-state index in [9.17, 15) is 4.79 Å². The molecular formula is C25H26N4OS. The average molecular weight is 431 g/mol. The molecule has 3 aromatic heterocycles. The van der Waals surface area contributed by atoms with Crippen LogP contribution in [0.4, 0.5) is 0 Å². The summed E-state index contributed by atoms with van der Waals surface area (Å²) in [4.78, 5) is 24.3. The smallest absolute Gasteiger partial charge is 0.227 e. The summed E-state index contributed by atoms with van der Waals surface area (Å²) in [6.07, 6.45) is 6.08. The largest absolute Gasteiger partial charge is 0.342 e. The fourth-order valence-corrected chi connectivity index (χ4v) is 5.16. The minimum Gasteiger partial charge on any atom is -0.342 e. The topological polar surface area (TPSA) is 51.0 Å². The molecule has 0 atom stereocenters. The highest BCUT2D eigenvalue weighted by Crippen LogP contribution is 2.29. The van der Waals surface area contributed by atoms with E-state index >= 15 is 0 Å². The van der Waals surface area contributed by atoms with Crippen LogP contribution < -0.4 is 0 Å². The van der Waals surface area contributed by atoms with Crippen LogP contribution in [0.5, 0.6) is 0 Å². The number of pyridine rings is 1. The molecule has 5 nitrogen and oxygen atoms in total. The maximum atomic E-state index is 12.7. The van der Waals surface area contributed by atoms with Crippen molar-refractivity contribution >= 4 is 28.4 Å². The summed E-state index contributed by atoms with van der Waals surface area (Å²) in [7, 11) is 0. The number of thiophene rings is 1. The highest BCUT2D eigenvalue weighted by atomic mass is 32.1. The Kier molecular flexibility index (Phi) is 5.80. The molecule has 0 aliphatic carbocycles. The Hall–Kier alpha value is -2.99. The SMILES string of the molecule is O=C(Cc1ccsc1)N1CCC(n2c(CCc3ccccc3)nc3cccnc32)CC1. The Morgan fingerprint density at radius 1 is 1.00 bits per heavy atom. The van der Waals surface area contributed by atoms with Crippen molar-refractivity contribution in [3.05, 3.63) is 82.4 Å². The van der Waals surface area contributed by atoms with Gasteiger partial charge in [0.25, 0.3) is 0 Å². The van der Waals surface area contributed by atoms with Gasteiger partial charge in [-0.3, -0.25) is 4.79 Å². The lowest BCUT2D eigenvalue weighted by molar-refractivity contribution is -0.131. The van der Waals surface area contributed by atoms with E-state index in [-0.39, 0.29) is 5.91 Å². The molecule has 1 aliphatic rings. The first-order valence-electron chi connectivity index (χ1n) is 10.9. The molecule has 5 rings (SSSR count). The molecule has 1 fully saturated rings. The van der Waals surface area contributed by atoms with Gasteiger partial charge in [-0.25, -0.2) is 9.97 Å². The summed E-state index contributed by atoms with van der Waals surface area (Å²) in [5, 5.41) is 4.09. The lowest BCUT2D eigenvalue weighted by Crippen LogP contribution is -2.40. The number of hydrogen-bond donors (Lipinski definition) is 0. The van der Waals surface area contributed by atoms with Gasteiger partial charge in [0.15, 0.2) is 5.65 Å². The zero-order valence-corrected chi connectivity index (χ0v) is 18.3. The quantitative estimate of drug-likeness (QED) is 0.446. The molecule has 1 saturated heterocycles. The number of fused-ring (bicyclic) bond motifs is 1. The second-order valence-corrected chi connectivity index (χ2v) is 8.93. The number of hydrogen-bond acceptors (Lipinski definition) is 4. The van der Waals surface area contributed by atoms with Gasteiger partial charge in [0, 0.05) is 31.7 Å². The summed E-state index contributed by atoms with van der Waals surface area (Å²) >= 11 is 1.64. The molecule has 0 saturated carbocycles. The third-order valence-corrected chi connectivity index (χ3v) is 6.85. The number of rotatable bonds is 6. The summed E-state index contributed by atoms with van der Waals surface area (Å²) in [5.41, 5.74) is 4.36. The fourth-order valence-electron chi connectivity index (χ4n) is 4.49. The molecule has 6 heteroatoms. The molecule has 31 heavy (non-hydrogen) atoms. The number of aromatic nitrogens is 3. The van der Waals surface area contributed by atoms with Crippen LogP contribution in [-0.4, -0.2) is 38.4 Å². The van der Waals surface area contributed by atoms with Gasteiger partial charge >= 0.3 is 0 Å². The van der Waals surface area contributed by atoms with Crippen molar-refractivity contribution < 1.29 is 4.79 Å². The third-order valence-electron chi connectivity index (χ3n) is 6.12. The van der Waals surface area contributed by atoms with E-state index in [4.69, 9.17) is 4.98 Å². The zero-order valence-electron chi connectivity index (χ0n) is 17.5. The van der Waals surface area contributed by atoms with Crippen molar-refractivity contribution in [2.75, 3.05) is 13.1 Å². The Morgan fingerprint density at radius 3 is 2.61 bits per heavy atom. The predicted octanol–water partition coefficient (Wildman–Crippen LogP) is 4.68. The number of amides is 1. The molecule has 0 radical (unpaired) electrons. The van der Waals surface area contributed by atoms with E-state index in [0.717, 1.165) is 61.3 Å². The van der Waals surface area contributed by atoms with Gasteiger partial charge in [-0.2, -0.15) is 11.3 Å². The number of piperidine rings is 1. The standard InChI is InChI=1S/C25H26N4OS/c30-24(17-20-12-16-31-18-20)28-14-10-21(11-15-28)29-23(9-8-19-5-2-1-3-6-19)27-22-7-4-13-26-25(22)29/h1-7,12-13,16,18,21H,8-11,14-15,17H2. The van der Waals surface area contributed by atoms with Crippen LogP contribution in [-0.2, 0) is 24.1 Å². The first-order chi connectivity index (χ1) is 15.3. The first kappa shape index (κ1) is 19.9. The van der Waals surface area contributed by atoms with Crippen LogP contribution >= 0.6 is 11.3 Å². The molecule has 0 N–H and O–H groups in total. The highest BCUT2D eigenvalue weighted by molar-refractivity contribution is 7.08. The lowest BCUT2D eigenvalue weighted by atomic mass is 10.0. The molecule has 1 amide bonds. The summed E-state index contributed by atoms with van der Waals surface area (Å²) < 4.78 is 2.35. The number of carbonyl (C=O) groups excluding carboxylic acids is 1. The average Bonchev–Trinajstić information content (AvgIpc) is 3.46. The molecule has 0 bridgehead atoms. The van der Waals surface area contributed by atoms with Gasteiger partial charge in [0.05, 0.1) is 6.42 Å². The van der Waals surface area contributed by atoms with E-state index in [1.54, 1.807) is 11.3 Å². The summed E-state index contributed by atoms with van der Waals surface area (Å²) in [6.45, 7) is 1.58. The van der Waals surface area contributed by atoms with E-state index < -0.39 is 0 Å². The first-order valence-corrected chi connectivity index (χ1v) is 11.9. The van der Waals surface area contributed by atoms with Gasteiger partial charge in [0.1, 0.15) is 11.3 Å². The number of likely N-dealkylation sites (tertiary alicyclic amines) is 1. The number of nitrogens with zero attached hydrogens (tertiary/aromatic N) is 4. The minimum atomic E-state index is 0.231. The fraction of sp³-hybridized carbons (Fsp3) is 0.320. The van der Waals surface area contributed by atoms with Crippen LogP contribution in [0.3, 0.4) is 0 Å². The van der Waals surface area contributed by atoms with E-state index in [1.807, 2.05) is 34.7 Å². The van der Waals surface area contributed by atoms with Crippen molar-refractivity contribution in [2.24, 2.45) is 0 Å². The Labute approximate surface area is 186 Å². The van der Waals surface area contributed by atoms with E-state index in [0.29, 0.717) is 12.5 Å². The van der Waals surface area contributed by atoms with Gasteiger partial charge in [-0.15, -0.1) is 0 Å². The van der Waals surface area contributed by atoms with Crippen molar-refractivity contribution in [2.45, 2.75) is 38.1 Å². The third kappa shape index (κ3) is 4.39. The predicted molar refractivity (Wildman–Crippen MR) is 124 cm³/mol. The number of benzene rings is 1. The number of aryl methyl sites for hydroxylation is 2. The monoisotopic (exact) mass is 430 g/mol. The molecule has 4 heterocycles. The second-order valence-electron chi connectivity index (χ2n) is 8.15. The second kappa shape index (κ2) is 9.02. The molecular weight excluding hydrogens is 404 g/mol. The van der Waals surface area contributed by atoms with Crippen molar-refractivity contribution in [3.63, 3.8) is 0 Å². The molecule has 0 unspecified atom stereocenters. The van der Waals surface area contributed by atoms with Crippen LogP contribution in [0.15, 0.2) is 65.5 Å². The Balaban J connectivity index is 1.32. The van der Waals surface area contributed by atoms with Gasteiger partial charge in [-0.05, 0) is 59.3 Å². The van der Waals surface area contributed by atoms with Gasteiger partial charge in [0.2, 0.25) is 5.91 Å². The van der Waals surface area contributed by atoms with Crippen molar-refractivity contribution in [1.82, 2.24) is 19.4 Å². The number of imidazole rings is 1. The van der Waals surface area contributed by atoms with Crippen LogP contribution in [0, 0.1) is 0 Å². The molecule has 1 aromatic carbocycles. The van der Waals surface area contributed by atoms with Crippen LogP contribution in [0.25, 0.3) is 11.2 Å². The summed E-state index contributed by atoms with van der Waals surface area (Å²) in [6, 6.07) is 16.9. The molecule has 158 valence electrons. The van der Waals surface area contributed by atoms with Gasteiger partial charge in [-0.1, -0.05) is 30.3 Å². The van der Waals surface area contributed by atoms with E-state index in [2.05, 4.69) is 45.3 Å². The maximum Gasteiger partial charge on any atom is 0.227 e. The normalized spacial score (nSPS) is 14.9. The van der Waals surface area contributed by atoms with Crippen molar-refractivity contribution in [1.29, 1.82) is 0 Å².